The molecule has 1 saturated heterocycles. The van der Waals surface area contributed by atoms with Gasteiger partial charge in [0.25, 0.3) is 0 Å². The molecule has 0 aromatic heterocycles. The third-order valence-corrected chi connectivity index (χ3v) is 2.05. The summed E-state index contributed by atoms with van der Waals surface area (Å²) in [6.45, 7) is 6.02. The average Bonchev–Trinajstić information content (AvgIpc) is 2.41. The maximum absolute atomic E-state index is 2.54. The Balaban J connectivity index is 2.01. The fourth-order valence-corrected chi connectivity index (χ4v) is 1.43. The fraction of sp³-hybridized carbons (Fsp3) is 0.778. The van der Waals surface area contributed by atoms with E-state index in [1.807, 2.05) is 0 Å². The lowest BCUT2D eigenvalue weighted by molar-refractivity contribution is 0.346. The first-order chi connectivity index (χ1) is 4.93. The number of hydrogen-bond donors (Lipinski definition) is 0. The minimum atomic E-state index is 1.23. The molecule has 0 radical (unpaired) electrons. The molecule has 0 unspecified atom stereocenters. The lowest BCUT2D eigenvalue weighted by atomic mass is 10.3. The van der Waals surface area contributed by atoms with Crippen molar-refractivity contribution in [2.45, 2.75) is 26.2 Å². The van der Waals surface area contributed by atoms with Crippen molar-refractivity contribution >= 4 is 0 Å². The van der Waals surface area contributed by atoms with Crippen LogP contribution in [0.4, 0.5) is 0 Å². The summed E-state index contributed by atoms with van der Waals surface area (Å²) in [5, 5.41) is 0. The predicted octanol–water partition coefficient (Wildman–Crippen LogP) is 2.05. The van der Waals surface area contributed by atoms with Crippen molar-refractivity contribution in [2.24, 2.45) is 0 Å². The summed E-state index contributed by atoms with van der Waals surface area (Å²) in [7, 11) is 0. The summed E-state index contributed by atoms with van der Waals surface area (Å²) in [5.74, 6) is 0. The zero-order valence-corrected chi connectivity index (χ0v) is 6.84. The molecule has 1 aliphatic rings. The SMILES string of the molecule is CC=CCCN1CCCC1. The lowest BCUT2D eigenvalue weighted by Gasteiger charge is -2.11. The highest BCUT2D eigenvalue weighted by molar-refractivity contribution is 4.79. The first-order valence-electron chi connectivity index (χ1n) is 4.27. The first-order valence-corrected chi connectivity index (χ1v) is 4.27. The standard InChI is InChI=1S/C9H17N/c1-2-3-4-7-10-8-5-6-9-10/h2-3H,4-9H2,1H3. The van der Waals surface area contributed by atoms with E-state index in [0.717, 1.165) is 0 Å². The van der Waals surface area contributed by atoms with Crippen LogP contribution >= 0.6 is 0 Å². The Morgan fingerprint density at radius 1 is 1.30 bits per heavy atom. The Labute approximate surface area is 63.7 Å². The van der Waals surface area contributed by atoms with Gasteiger partial charge in [-0.2, -0.15) is 0 Å². The topological polar surface area (TPSA) is 3.24 Å². The van der Waals surface area contributed by atoms with Crippen LogP contribution in [0.3, 0.4) is 0 Å². The third-order valence-electron chi connectivity index (χ3n) is 2.05. The molecule has 0 amide bonds. The summed E-state index contributed by atoms with van der Waals surface area (Å²) in [5.41, 5.74) is 0. The van der Waals surface area contributed by atoms with Gasteiger partial charge in [0.15, 0.2) is 0 Å². The van der Waals surface area contributed by atoms with Gasteiger partial charge < -0.3 is 4.90 Å². The normalized spacial score (nSPS) is 20.9. The van der Waals surface area contributed by atoms with Crippen molar-refractivity contribution in [1.82, 2.24) is 4.90 Å². The van der Waals surface area contributed by atoms with Gasteiger partial charge >= 0.3 is 0 Å². The molecule has 1 heterocycles. The van der Waals surface area contributed by atoms with E-state index in [9.17, 15) is 0 Å². The molecule has 1 fully saturated rings. The van der Waals surface area contributed by atoms with Crippen LogP contribution in [0.5, 0.6) is 0 Å². The van der Waals surface area contributed by atoms with Crippen LogP contribution in [0, 0.1) is 0 Å². The van der Waals surface area contributed by atoms with E-state index in [1.54, 1.807) is 0 Å². The van der Waals surface area contributed by atoms with Crippen LogP contribution in [-0.2, 0) is 0 Å². The van der Waals surface area contributed by atoms with Gasteiger partial charge in [-0.05, 0) is 39.3 Å². The molecule has 0 aliphatic carbocycles. The van der Waals surface area contributed by atoms with Gasteiger partial charge in [-0.1, -0.05) is 12.2 Å². The van der Waals surface area contributed by atoms with Crippen molar-refractivity contribution in [2.75, 3.05) is 19.6 Å². The maximum Gasteiger partial charge on any atom is 0.00159 e. The van der Waals surface area contributed by atoms with E-state index in [1.165, 1.54) is 38.9 Å². The molecule has 58 valence electrons. The highest BCUT2D eigenvalue weighted by atomic mass is 15.1. The number of allylic oxidation sites excluding steroid dienone is 1. The van der Waals surface area contributed by atoms with Gasteiger partial charge in [-0.25, -0.2) is 0 Å². The van der Waals surface area contributed by atoms with Crippen molar-refractivity contribution in [3.8, 4) is 0 Å². The number of likely N-dealkylation sites (tertiary alicyclic amines) is 1. The molecule has 1 heteroatoms. The highest BCUT2D eigenvalue weighted by Gasteiger charge is 2.08. The summed E-state index contributed by atoms with van der Waals surface area (Å²) in [6, 6.07) is 0. The number of nitrogens with zero attached hydrogens (tertiary/aromatic N) is 1. The smallest absolute Gasteiger partial charge is 0.00159 e. The fourth-order valence-electron chi connectivity index (χ4n) is 1.43. The van der Waals surface area contributed by atoms with E-state index in [2.05, 4.69) is 24.0 Å². The molecule has 0 aromatic carbocycles. The predicted molar refractivity (Wildman–Crippen MR) is 45.1 cm³/mol. The Morgan fingerprint density at radius 2 is 2.00 bits per heavy atom. The molecule has 0 aromatic rings. The zero-order valence-electron chi connectivity index (χ0n) is 6.84. The highest BCUT2D eigenvalue weighted by Crippen LogP contribution is 2.07. The second-order valence-corrected chi connectivity index (χ2v) is 2.91. The second kappa shape index (κ2) is 4.51. The van der Waals surface area contributed by atoms with E-state index in [4.69, 9.17) is 0 Å². The maximum atomic E-state index is 2.54. The van der Waals surface area contributed by atoms with Gasteiger partial charge in [-0.3, -0.25) is 0 Å². The minimum absolute atomic E-state index is 1.23. The monoisotopic (exact) mass is 139 g/mol. The van der Waals surface area contributed by atoms with Gasteiger partial charge in [0, 0.05) is 6.54 Å². The summed E-state index contributed by atoms with van der Waals surface area (Å²) < 4.78 is 0. The largest absolute Gasteiger partial charge is 0.303 e. The second-order valence-electron chi connectivity index (χ2n) is 2.91. The number of rotatable bonds is 3. The molecule has 10 heavy (non-hydrogen) atoms. The van der Waals surface area contributed by atoms with Crippen LogP contribution in [0.25, 0.3) is 0 Å². The third kappa shape index (κ3) is 2.53. The number of hydrogen-bond acceptors (Lipinski definition) is 1. The van der Waals surface area contributed by atoms with Crippen molar-refractivity contribution < 1.29 is 0 Å². The van der Waals surface area contributed by atoms with E-state index >= 15 is 0 Å². The molecule has 0 spiro atoms. The average molecular weight is 139 g/mol. The molecule has 0 saturated carbocycles. The molecular formula is C9H17N. The molecule has 0 N–H and O–H groups in total. The van der Waals surface area contributed by atoms with Crippen LogP contribution in [0.2, 0.25) is 0 Å². The van der Waals surface area contributed by atoms with Crippen molar-refractivity contribution in [3.05, 3.63) is 12.2 Å². The zero-order chi connectivity index (χ0) is 7.23. The van der Waals surface area contributed by atoms with E-state index in [-0.39, 0.29) is 0 Å². The van der Waals surface area contributed by atoms with E-state index in [0.29, 0.717) is 0 Å². The molecule has 1 nitrogen and oxygen atoms in total. The Kier molecular flexibility index (Phi) is 3.52. The Morgan fingerprint density at radius 3 is 2.60 bits per heavy atom. The Hall–Kier alpha value is -0.300. The van der Waals surface area contributed by atoms with Gasteiger partial charge in [0.05, 0.1) is 0 Å². The van der Waals surface area contributed by atoms with Crippen LogP contribution in [0.1, 0.15) is 26.2 Å². The summed E-state index contributed by atoms with van der Waals surface area (Å²) in [6.07, 6.45) is 8.44. The quantitative estimate of drug-likeness (QED) is 0.541. The van der Waals surface area contributed by atoms with Gasteiger partial charge in [0.1, 0.15) is 0 Å². The summed E-state index contributed by atoms with van der Waals surface area (Å²) >= 11 is 0. The van der Waals surface area contributed by atoms with Crippen molar-refractivity contribution in [1.29, 1.82) is 0 Å². The van der Waals surface area contributed by atoms with Gasteiger partial charge in [0.2, 0.25) is 0 Å². The minimum Gasteiger partial charge on any atom is -0.303 e. The van der Waals surface area contributed by atoms with E-state index < -0.39 is 0 Å². The van der Waals surface area contributed by atoms with Gasteiger partial charge in [-0.15, -0.1) is 0 Å². The molecule has 0 atom stereocenters. The van der Waals surface area contributed by atoms with Crippen LogP contribution in [0.15, 0.2) is 12.2 Å². The Bertz CT molecular complexity index is 101. The lowest BCUT2D eigenvalue weighted by Crippen LogP contribution is -2.19. The first kappa shape index (κ1) is 7.80. The van der Waals surface area contributed by atoms with Crippen LogP contribution < -0.4 is 0 Å². The van der Waals surface area contributed by atoms with Crippen molar-refractivity contribution in [3.63, 3.8) is 0 Å². The summed E-state index contributed by atoms with van der Waals surface area (Å²) in [4.78, 5) is 2.54. The molecule has 1 aliphatic heterocycles. The molecule has 1 rings (SSSR count). The molecule has 0 bridgehead atoms. The molecular weight excluding hydrogens is 122 g/mol. The van der Waals surface area contributed by atoms with Crippen LogP contribution in [-0.4, -0.2) is 24.5 Å².